The molecule has 0 aliphatic heterocycles. The molecule has 0 atom stereocenters. The molecule has 0 unspecified atom stereocenters. The van der Waals surface area contributed by atoms with Crippen LogP contribution in [-0.2, 0) is 0 Å². The van der Waals surface area contributed by atoms with Gasteiger partial charge in [0.25, 0.3) is 0 Å². The fourth-order valence-corrected chi connectivity index (χ4v) is 1.07. The molecule has 0 N–H and O–H groups in total. The molecule has 0 bridgehead atoms. The zero-order chi connectivity index (χ0) is 9.84. The number of ether oxygens (including phenoxy) is 1. The minimum absolute atomic E-state index is 0.0257. The molecule has 0 radical (unpaired) electrons. The summed E-state index contributed by atoms with van der Waals surface area (Å²) in [6, 6.07) is 4.48. The van der Waals surface area contributed by atoms with Crippen molar-refractivity contribution in [2.24, 2.45) is 0 Å². The molecule has 1 aromatic rings. The van der Waals surface area contributed by atoms with E-state index in [0.29, 0.717) is 0 Å². The summed E-state index contributed by atoms with van der Waals surface area (Å²) in [7, 11) is 0. The van der Waals surface area contributed by atoms with Gasteiger partial charge < -0.3 is 4.74 Å². The topological polar surface area (TPSA) is 9.23 Å². The first-order chi connectivity index (χ1) is 6.13. The van der Waals surface area contributed by atoms with Crippen LogP contribution in [0.15, 0.2) is 24.8 Å². The molecule has 0 aromatic heterocycles. The van der Waals surface area contributed by atoms with Crippen molar-refractivity contribution in [3.05, 3.63) is 35.4 Å². The monoisotopic (exact) mass is 204 g/mol. The average Bonchev–Trinajstić information content (AvgIpc) is 2.08. The first-order valence-electron chi connectivity index (χ1n) is 3.50. The Bertz CT molecular complexity index is 312. The predicted molar refractivity (Wildman–Crippen MR) is 48.2 cm³/mol. The van der Waals surface area contributed by atoms with E-state index in [-0.39, 0.29) is 10.8 Å². The molecule has 0 saturated heterocycles. The lowest BCUT2D eigenvalue weighted by atomic mass is 10.2. The second-order valence-electron chi connectivity index (χ2n) is 2.27. The van der Waals surface area contributed by atoms with Gasteiger partial charge in [-0.1, -0.05) is 30.3 Å². The Hall–Kier alpha value is -1.09. The molecule has 1 aromatic carbocycles. The van der Waals surface area contributed by atoms with E-state index in [9.17, 15) is 8.78 Å². The molecule has 0 saturated carbocycles. The quantitative estimate of drug-likeness (QED) is 0.731. The van der Waals surface area contributed by atoms with Crippen molar-refractivity contribution in [3.8, 4) is 5.75 Å². The lowest BCUT2D eigenvalue weighted by Crippen LogP contribution is -2.02. The SMILES string of the molecule is C=Cc1ccc(OC(F)F)c(Cl)c1. The molecule has 0 fully saturated rings. The minimum atomic E-state index is -2.85. The van der Waals surface area contributed by atoms with Crippen LogP contribution < -0.4 is 4.74 Å². The summed E-state index contributed by atoms with van der Waals surface area (Å²) in [5.74, 6) is -0.0257. The predicted octanol–water partition coefficient (Wildman–Crippen LogP) is 3.58. The summed E-state index contributed by atoms with van der Waals surface area (Å²) in [5, 5.41) is 0.151. The van der Waals surface area contributed by atoms with Gasteiger partial charge in [0.2, 0.25) is 0 Å². The Morgan fingerprint density at radius 3 is 2.62 bits per heavy atom. The Labute approximate surface area is 79.6 Å². The Morgan fingerprint density at radius 2 is 2.15 bits per heavy atom. The van der Waals surface area contributed by atoms with Crippen molar-refractivity contribution in [1.29, 1.82) is 0 Å². The van der Waals surface area contributed by atoms with E-state index in [0.717, 1.165) is 5.56 Å². The number of halogens is 3. The van der Waals surface area contributed by atoms with Crippen molar-refractivity contribution in [3.63, 3.8) is 0 Å². The van der Waals surface area contributed by atoms with Crippen molar-refractivity contribution >= 4 is 17.7 Å². The Balaban J connectivity index is 2.91. The van der Waals surface area contributed by atoms with Crippen LogP contribution in [-0.4, -0.2) is 6.61 Å². The van der Waals surface area contributed by atoms with Crippen LogP contribution in [0.4, 0.5) is 8.78 Å². The fourth-order valence-electron chi connectivity index (χ4n) is 0.836. The first-order valence-corrected chi connectivity index (χ1v) is 3.88. The maximum atomic E-state index is 11.8. The van der Waals surface area contributed by atoms with Crippen LogP contribution in [0.5, 0.6) is 5.75 Å². The second-order valence-corrected chi connectivity index (χ2v) is 2.68. The van der Waals surface area contributed by atoms with Gasteiger partial charge >= 0.3 is 6.61 Å². The normalized spacial score (nSPS) is 10.2. The van der Waals surface area contributed by atoms with Gasteiger partial charge in [-0.25, -0.2) is 0 Å². The van der Waals surface area contributed by atoms with E-state index >= 15 is 0 Å². The molecule has 70 valence electrons. The van der Waals surface area contributed by atoms with Gasteiger partial charge in [-0.05, 0) is 17.7 Å². The molecular formula is C9H7ClF2O. The Morgan fingerprint density at radius 1 is 1.46 bits per heavy atom. The molecule has 1 nitrogen and oxygen atoms in total. The van der Waals surface area contributed by atoms with Crippen molar-refractivity contribution in [2.75, 3.05) is 0 Å². The summed E-state index contributed by atoms with van der Waals surface area (Å²) < 4.78 is 27.7. The van der Waals surface area contributed by atoms with E-state index in [4.69, 9.17) is 11.6 Å². The van der Waals surface area contributed by atoms with Gasteiger partial charge in [0.1, 0.15) is 5.75 Å². The van der Waals surface area contributed by atoms with E-state index in [1.54, 1.807) is 12.1 Å². The zero-order valence-corrected chi connectivity index (χ0v) is 7.39. The third kappa shape index (κ3) is 2.70. The van der Waals surface area contributed by atoms with E-state index in [1.165, 1.54) is 12.1 Å². The van der Waals surface area contributed by atoms with Crippen LogP contribution in [0.25, 0.3) is 6.08 Å². The Kier molecular flexibility index (Phi) is 3.25. The van der Waals surface area contributed by atoms with Crippen molar-refractivity contribution in [2.45, 2.75) is 6.61 Å². The summed E-state index contributed by atoms with van der Waals surface area (Å²) in [4.78, 5) is 0. The van der Waals surface area contributed by atoms with E-state index in [1.807, 2.05) is 0 Å². The van der Waals surface area contributed by atoms with Gasteiger partial charge in [0.05, 0.1) is 5.02 Å². The smallest absolute Gasteiger partial charge is 0.387 e. The number of alkyl halides is 2. The minimum Gasteiger partial charge on any atom is -0.433 e. The standard InChI is InChI=1S/C9H7ClF2O/c1-2-6-3-4-8(7(10)5-6)13-9(11)12/h2-5,9H,1H2. The highest BCUT2D eigenvalue weighted by Crippen LogP contribution is 2.27. The molecule has 1 rings (SSSR count). The van der Waals surface area contributed by atoms with Gasteiger partial charge in [0.15, 0.2) is 0 Å². The molecule has 0 spiro atoms. The molecular weight excluding hydrogens is 198 g/mol. The zero-order valence-electron chi connectivity index (χ0n) is 6.64. The summed E-state index contributed by atoms with van der Waals surface area (Å²) in [6.45, 7) is 0.660. The lowest BCUT2D eigenvalue weighted by molar-refractivity contribution is -0.0497. The molecule has 13 heavy (non-hydrogen) atoms. The van der Waals surface area contributed by atoms with Crippen LogP contribution in [0, 0.1) is 0 Å². The highest BCUT2D eigenvalue weighted by molar-refractivity contribution is 6.32. The van der Waals surface area contributed by atoms with Crippen LogP contribution >= 0.6 is 11.6 Å². The fraction of sp³-hybridized carbons (Fsp3) is 0.111. The van der Waals surface area contributed by atoms with Crippen molar-refractivity contribution < 1.29 is 13.5 Å². The maximum Gasteiger partial charge on any atom is 0.387 e. The van der Waals surface area contributed by atoms with Gasteiger partial charge in [-0.2, -0.15) is 8.78 Å². The number of hydrogen-bond donors (Lipinski definition) is 0. The van der Waals surface area contributed by atoms with Gasteiger partial charge in [-0.15, -0.1) is 0 Å². The largest absolute Gasteiger partial charge is 0.433 e. The summed E-state index contributed by atoms with van der Waals surface area (Å²) in [6.07, 6.45) is 1.57. The molecule has 4 heteroatoms. The maximum absolute atomic E-state index is 11.8. The lowest BCUT2D eigenvalue weighted by Gasteiger charge is -2.06. The van der Waals surface area contributed by atoms with E-state index in [2.05, 4.69) is 11.3 Å². The van der Waals surface area contributed by atoms with Crippen molar-refractivity contribution in [1.82, 2.24) is 0 Å². The average molecular weight is 205 g/mol. The highest BCUT2D eigenvalue weighted by Gasteiger charge is 2.07. The first kappa shape index (κ1) is 9.99. The third-order valence-corrected chi connectivity index (χ3v) is 1.70. The number of rotatable bonds is 3. The molecule has 0 amide bonds. The van der Waals surface area contributed by atoms with E-state index < -0.39 is 6.61 Å². The summed E-state index contributed by atoms with van der Waals surface area (Å²) >= 11 is 5.65. The van der Waals surface area contributed by atoms with Crippen LogP contribution in [0.2, 0.25) is 5.02 Å². The number of hydrogen-bond acceptors (Lipinski definition) is 1. The summed E-state index contributed by atoms with van der Waals surface area (Å²) in [5.41, 5.74) is 0.756. The highest BCUT2D eigenvalue weighted by atomic mass is 35.5. The third-order valence-electron chi connectivity index (χ3n) is 1.41. The second kappa shape index (κ2) is 4.23. The van der Waals surface area contributed by atoms with Gasteiger partial charge in [-0.3, -0.25) is 0 Å². The molecule has 0 aliphatic rings. The molecule has 0 heterocycles. The number of benzene rings is 1. The van der Waals surface area contributed by atoms with Crippen LogP contribution in [0.3, 0.4) is 0 Å². The van der Waals surface area contributed by atoms with Gasteiger partial charge in [0, 0.05) is 0 Å². The van der Waals surface area contributed by atoms with Crippen LogP contribution in [0.1, 0.15) is 5.56 Å². The molecule has 0 aliphatic carbocycles.